The van der Waals surface area contributed by atoms with Gasteiger partial charge in [0.15, 0.2) is 0 Å². The van der Waals surface area contributed by atoms with Crippen molar-refractivity contribution in [3.8, 4) is 5.75 Å². The Labute approximate surface area is 142 Å². The van der Waals surface area contributed by atoms with E-state index in [0.29, 0.717) is 5.69 Å². The minimum atomic E-state index is -0.780. The standard InChI is InChI=1S/C18H25N3O3/c1-12(2)21-16(9-10-20-21)18(23)19-11-17(22)14-5-7-15(8-6-14)24-13(3)4/h5-10,12-13,17,22H,11H2,1-4H3,(H,19,23). The van der Waals surface area contributed by atoms with Gasteiger partial charge in [-0.2, -0.15) is 5.10 Å². The van der Waals surface area contributed by atoms with Crippen LogP contribution in [0.3, 0.4) is 0 Å². The number of hydrogen-bond acceptors (Lipinski definition) is 4. The van der Waals surface area contributed by atoms with E-state index < -0.39 is 6.10 Å². The van der Waals surface area contributed by atoms with E-state index in [-0.39, 0.29) is 24.6 Å². The monoisotopic (exact) mass is 331 g/mol. The van der Waals surface area contributed by atoms with Gasteiger partial charge < -0.3 is 15.2 Å². The number of nitrogens with one attached hydrogen (secondary N) is 1. The number of ether oxygens (including phenoxy) is 1. The highest BCUT2D eigenvalue weighted by molar-refractivity contribution is 5.92. The summed E-state index contributed by atoms with van der Waals surface area (Å²) >= 11 is 0. The largest absolute Gasteiger partial charge is 0.491 e. The first-order chi connectivity index (χ1) is 11.4. The fourth-order valence-electron chi connectivity index (χ4n) is 2.34. The minimum absolute atomic E-state index is 0.0965. The van der Waals surface area contributed by atoms with Gasteiger partial charge in [0.1, 0.15) is 11.4 Å². The zero-order valence-electron chi connectivity index (χ0n) is 14.6. The van der Waals surface area contributed by atoms with Gasteiger partial charge in [-0.05, 0) is 51.5 Å². The van der Waals surface area contributed by atoms with Crippen LogP contribution in [0, 0.1) is 0 Å². The van der Waals surface area contributed by atoms with Crippen molar-refractivity contribution in [2.45, 2.75) is 45.9 Å². The molecule has 0 saturated heterocycles. The third-order valence-electron chi connectivity index (χ3n) is 3.48. The van der Waals surface area contributed by atoms with E-state index in [1.807, 2.05) is 39.8 Å². The number of aromatic nitrogens is 2. The van der Waals surface area contributed by atoms with E-state index in [9.17, 15) is 9.90 Å². The molecule has 1 aromatic heterocycles. The molecule has 0 fully saturated rings. The lowest BCUT2D eigenvalue weighted by Gasteiger charge is -2.15. The quantitative estimate of drug-likeness (QED) is 0.818. The van der Waals surface area contributed by atoms with Crippen LogP contribution in [0.4, 0.5) is 0 Å². The van der Waals surface area contributed by atoms with Crippen LogP contribution >= 0.6 is 0 Å². The molecule has 0 aliphatic rings. The Morgan fingerprint density at radius 3 is 2.46 bits per heavy atom. The summed E-state index contributed by atoms with van der Waals surface area (Å²) in [7, 11) is 0. The first kappa shape index (κ1) is 18.0. The molecule has 0 saturated carbocycles. The second-order valence-electron chi connectivity index (χ2n) is 6.22. The molecular formula is C18H25N3O3. The molecular weight excluding hydrogens is 306 g/mol. The van der Waals surface area contributed by atoms with Crippen LogP contribution in [-0.2, 0) is 0 Å². The normalized spacial score (nSPS) is 12.5. The summed E-state index contributed by atoms with van der Waals surface area (Å²) in [4.78, 5) is 12.2. The van der Waals surface area contributed by atoms with Crippen LogP contribution in [0.5, 0.6) is 5.75 Å². The predicted octanol–water partition coefficient (Wildman–Crippen LogP) is 2.71. The molecule has 2 aromatic rings. The first-order valence-electron chi connectivity index (χ1n) is 8.15. The Morgan fingerprint density at radius 2 is 1.88 bits per heavy atom. The lowest BCUT2D eigenvalue weighted by molar-refractivity contribution is 0.0903. The molecule has 0 bridgehead atoms. The number of aliphatic hydroxyl groups excluding tert-OH is 1. The van der Waals surface area contributed by atoms with E-state index in [1.54, 1.807) is 29.1 Å². The number of rotatable bonds is 7. The van der Waals surface area contributed by atoms with Gasteiger partial charge in [0, 0.05) is 18.8 Å². The van der Waals surface area contributed by atoms with Crippen molar-refractivity contribution in [2.75, 3.05) is 6.54 Å². The number of nitrogens with zero attached hydrogens (tertiary/aromatic N) is 2. The van der Waals surface area contributed by atoms with Crippen LogP contribution in [0.25, 0.3) is 0 Å². The lowest BCUT2D eigenvalue weighted by Crippen LogP contribution is -2.30. The van der Waals surface area contributed by atoms with Gasteiger partial charge in [0.2, 0.25) is 0 Å². The molecule has 6 nitrogen and oxygen atoms in total. The summed E-state index contributed by atoms with van der Waals surface area (Å²) < 4.78 is 7.22. The summed E-state index contributed by atoms with van der Waals surface area (Å²) in [5.74, 6) is 0.505. The van der Waals surface area contributed by atoms with Crippen LogP contribution < -0.4 is 10.1 Å². The summed E-state index contributed by atoms with van der Waals surface area (Å²) in [6.45, 7) is 7.96. The van der Waals surface area contributed by atoms with Crippen molar-refractivity contribution in [3.63, 3.8) is 0 Å². The van der Waals surface area contributed by atoms with Gasteiger partial charge in [-0.25, -0.2) is 0 Å². The van der Waals surface area contributed by atoms with Gasteiger partial charge >= 0.3 is 0 Å². The number of benzene rings is 1. The second-order valence-corrected chi connectivity index (χ2v) is 6.22. The van der Waals surface area contributed by atoms with Crippen molar-refractivity contribution in [2.24, 2.45) is 0 Å². The second kappa shape index (κ2) is 7.97. The molecule has 1 atom stereocenters. The van der Waals surface area contributed by atoms with Crippen molar-refractivity contribution in [3.05, 3.63) is 47.8 Å². The molecule has 1 amide bonds. The molecule has 0 spiro atoms. The van der Waals surface area contributed by atoms with Gasteiger partial charge in [-0.15, -0.1) is 0 Å². The first-order valence-corrected chi connectivity index (χ1v) is 8.15. The molecule has 6 heteroatoms. The molecule has 2 N–H and O–H groups in total. The maximum absolute atomic E-state index is 12.2. The molecule has 0 radical (unpaired) electrons. The Balaban J connectivity index is 1.93. The van der Waals surface area contributed by atoms with E-state index in [0.717, 1.165) is 11.3 Å². The predicted molar refractivity (Wildman–Crippen MR) is 92.1 cm³/mol. The SMILES string of the molecule is CC(C)Oc1ccc(C(O)CNC(=O)c2ccnn2C(C)C)cc1. The average molecular weight is 331 g/mol. The molecule has 2 rings (SSSR count). The zero-order chi connectivity index (χ0) is 17.7. The molecule has 24 heavy (non-hydrogen) atoms. The minimum Gasteiger partial charge on any atom is -0.491 e. The van der Waals surface area contributed by atoms with Crippen LogP contribution in [0.2, 0.25) is 0 Å². The average Bonchev–Trinajstić information content (AvgIpc) is 3.02. The maximum atomic E-state index is 12.2. The van der Waals surface area contributed by atoms with E-state index >= 15 is 0 Å². The lowest BCUT2D eigenvalue weighted by atomic mass is 10.1. The highest BCUT2D eigenvalue weighted by Gasteiger charge is 2.16. The third-order valence-corrected chi connectivity index (χ3v) is 3.48. The fraction of sp³-hybridized carbons (Fsp3) is 0.444. The van der Waals surface area contributed by atoms with Gasteiger partial charge in [0.25, 0.3) is 5.91 Å². The number of carbonyl (C=O) groups is 1. The fourth-order valence-corrected chi connectivity index (χ4v) is 2.34. The molecule has 0 aliphatic carbocycles. The molecule has 0 aliphatic heterocycles. The Bertz CT molecular complexity index is 662. The van der Waals surface area contributed by atoms with Crippen molar-refractivity contribution < 1.29 is 14.6 Å². The number of hydrogen-bond donors (Lipinski definition) is 2. The summed E-state index contributed by atoms with van der Waals surface area (Å²) in [6.07, 6.45) is 0.919. The topological polar surface area (TPSA) is 76.4 Å². The number of carbonyl (C=O) groups excluding carboxylic acids is 1. The molecule has 130 valence electrons. The molecule has 1 unspecified atom stereocenters. The molecule has 1 heterocycles. The highest BCUT2D eigenvalue weighted by atomic mass is 16.5. The van der Waals surface area contributed by atoms with Crippen LogP contribution in [0.1, 0.15) is 55.9 Å². The van der Waals surface area contributed by atoms with Crippen molar-refractivity contribution >= 4 is 5.91 Å². The Morgan fingerprint density at radius 1 is 1.21 bits per heavy atom. The van der Waals surface area contributed by atoms with Crippen molar-refractivity contribution in [1.82, 2.24) is 15.1 Å². The van der Waals surface area contributed by atoms with Gasteiger partial charge in [-0.1, -0.05) is 12.1 Å². The van der Waals surface area contributed by atoms with E-state index in [2.05, 4.69) is 10.4 Å². The summed E-state index contributed by atoms with van der Waals surface area (Å²) in [5, 5.41) is 17.1. The van der Waals surface area contributed by atoms with E-state index in [4.69, 9.17) is 4.74 Å². The summed E-state index contributed by atoms with van der Waals surface area (Å²) in [6, 6.07) is 8.99. The Kier molecular flexibility index (Phi) is 5.98. The summed E-state index contributed by atoms with van der Waals surface area (Å²) in [5.41, 5.74) is 1.21. The van der Waals surface area contributed by atoms with Crippen molar-refractivity contribution in [1.29, 1.82) is 0 Å². The maximum Gasteiger partial charge on any atom is 0.269 e. The highest BCUT2D eigenvalue weighted by Crippen LogP contribution is 2.18. The smallest absolute Gasteiger partial charge is 0.269 e. The number of aliphatic hydroxyl groups is 1. The zero-order valence-corrected chi connectivity index (χ0v) is 14.6. The third kappa shape index (κ3) is 4.58. The Hall–Kier alpha value is -2.34. The van der Waals surface area contributed by atoms with Gasteiger partial charge in [-0.3, -0.25) is 9.48 Å². The number of amides is 1. The van der Waals surface area contributed by atoms with Crippen LogP contribution in [-0.4, -0.2) is 33.4 Å². The molecule has 1 aromatic carbocycles. The van der Waals surface area contributed by atoms with E-state index in [1.165, 1.54) is 0 Å². The van der Waals surface area contributed by atoms with Crippen LogP contribution in [0.15, 0.2) is 36.5 Å². The van der Waals surface area contributed by atoms with Gasteiger partial charge in [0.05, 0.1) is 12.2 Å².